The van der Waals surface area contributed by atoms with E-state index in [0.29, 0.717) is 11.4 Å². The van der Waals surface area contributed by atoms with Crippen LogP contribution in [-0.2, 0) is 17.6 Å². The Morgan fingerprint density at radius 2 is 2.00 bits per heavy atom. The molecule has 0 spiro atoms. The Morgan fingerprint density at radius 1 is 1.29 bits per heavy atom. The van der Waals surface area contributed by atoms with E-state index in [0.717, 1.165) is 56.3 Å². The quantitative estimate of drug-likeness (QED) is 0.744. The number of methoxy groups -OCH3 is 1. The van der Waals surface area contributed by atoms with Crippen molar-refractivity contribution in [1.29, 1.82) is 0 Å². The summed E-state index contributed by atoms with van der Waals surface area (Å²) in [7, 11) is 1.73. The highest BCUT2D eigenvalue weighted by Crippen LogP contribution is 2.38. The van der Waals surface area contributed by atoms with E-state index >= 15 is 4.39 Å². The van der Waals surface area contributed by atoms with Crippen molar-refractivity contribution >= 4 is 11.6 Å². The van der Waals surface area contributed by atoms with Crippen LogP contribution in [0.4, 0.5) is 10.1 Å². The summed E-state index contributed by atoms with van der Waals surface area (Å²) in [6.45, 7) is 6.51. The summed E-state index contributed by atoms with van der Waals surface area (Å²) in [4.78, 5) is 12.1. The minimum atomic E-state index is -0.767. The van der Waals surface area contributed by atoms with Crippen molar-refractivity contribution < 1.29 is 13.9 Å². The van der Waals surface area contributed by atoms with Crippen molar-refractivity contribution in [1.82, 2.24) is 9.78 Å². The van der Waals surface area contributed by atoms with Crippen LogP contribution in [0.2, 0.25) is 0 Å². The number of hydrogen-bond donors (Lipinski definition) is 2. The molecule has 0 bridgehead atoms. The Bertz CT molecular complexity index is 990. The third-order valence-electron chi connectivity index (χ3n) is 6.92. The van der Waals surface area contributed by atoms with Gasteiger partial charge in [0.2, 0.25) is 0 Å². The number of nitrogens with one attached hydrogen (secondary N) is 1. The second kappa shape index (κ2) is 8.26. The van der Waals surface area contributed by atoms with Gasteiger partial charge in [-0.3, -0.25) is 4.79 Å². The van der Waals surface area contributed by atoms with E-state index in [1.54, 1.807) is 7.11 Å². The number of anilines is 1. The molecule has 1 fully saturated rings. The second-order valence-electron chi connectivity index (χ2n) is 9.83. The zero-order valence-electron chi connectivity index (χ0n) is 18.9. The summed E-state index contributed by atoms with van der Waals surface area (Å²) in [5, 5.41) is 8.13. The topological polar surface area (TPSA) is 82.2 Å². The molecule has 7 heteroatoms. The van der Waals surface area contributed by atoms with E-state index in [-0.39, 0.29) is 23.1 Å². The summed E-state index contributed by atoms with van der Waals surface area (Å²) < 4.78 is 22.4. The van der Waals surface area contributed by atoms with Crippen molar-refractivity contribution in [2.45, 2.75) is 77.9 Å². The zero-order valence-corrected chi connectivity index (χ0v) is 18.9. The number of rotatable bonds is 5. The molecule has 4 rings (SSSR count). The molecule has 0 unspecified atom stereocenters. The third-order valence-corrected chi connectivity index (χ3v) is 6.92. The molecule has 1 saturated carbocycles. The first-order valence-electron chi connectivity index (χ1n) is 11.2. The minimum absolute atomic E-state index is 0.0873. The summed E-state index contributed by atoms with van der Waals surface area (Å²) in [5.74, 6) is -1.38. The van der Waals surface area contributed by atoms with E-state index < -0.39 is 11.7 Å². The monoisotopic (exact) mass is 428 g/mol. The van der Waals surface area contributed by atoms with Crippen molar-refractivity contribution in [3.63, 3.8) is 0 Å². The molecule has 2 aliphatic rings. The number of primary amides is 1. The number of aryl methyl sites for hydroxylation is 1. The highest BCUT2D eigenvalue weighted by Gasteiger charge is 2.31. The van der Waals surface area contributed by atoms with E-state index in [9.17, 15) is 4.79 Å². The van der Waals surface area contributed by atoms with Gasteiger partial charge >= 0.3 is 0 Å². The van der Waals surface area contributed by atoms with Gasteiger partial charge in [-0.15, -0.1) is 0 Å². The van der Waals surface area contributed by atoms with Crippen LogP contribution in [0.25, 0.3) is 5.69 Å². The predicted octanol–water partition coefficient (Wildman–Crippen LogP) is 4.30. The molecular weight excluding hydrogens is 395 g/mol. The number of benzene rings is 1. The normalized spacial score (nSPS) is 22.7. The van der Waals surface area contributed by atoms with Crippen molar-refractivity contribution in [3.8, 4) is 5.69 Å². The van der Waals surface area contributed by atoms with Crippen molar-refractivity contribution in [2.75, 3.05) is 12.4 Å². The number of carbonyl (C=O) groups excluding carboxylic acids is 1. The Kier molecular flexibility index (Phi) is 5.81. The van der Waals surface area contributed by atoms with Crippen LogP contribution in [-0.4, -0.2) is 34.9 Å². The maximum absolute atomic E-state index is 15.1. The molecule has 2 aliphatic carbocycles. The second-order valence-corrected chi connectivity index (χ2v) is 9.83. The third kappa shape index (κ3) is 4.33. The smallest absolute Gasteiger partial charge is 0.253 e. The fraction of sp³-hybridized carbons (Fsp3) is 0.583. The predicted molar refractivity (Wildman–Crippen MR) is 119 cm³/mol. The molecule has 1 heterocycles. The number of halogens is 1. The molecule has 6 nitrogen and oxygen atoms in total. The maximum Gasteiger partial charge on any atom is 0.253 e. The first-order chi connectivity index (χ1) is 14.7. The molecule has 168 valence electrons. The molecule has 1 aromatic carbocycles. The molecule has 0 radical (unpaired) electrons. The summed E-state index contributed by atoms with van der Waals surface area (Å²) in [6.07, 6.45) is 6.89. The van der Waals surface area contributed by atoms with Gasteiger partial charge in [-0.05, 0) is 68.9 Å². The molecule has 1 aromatic heterocycles. The summed E-state index contributed by atoms with van der Waals surface area (Å²) in [6, 6.07) is 3.34. The number of nitrogens with two attached hydrogens (primary N) is 1. The SMILES string of the molecule is CO[C@H]1CC[C@H](Nc2cc(-n3nc(C)c4c3CC(C)(C)CC4)cc(F)c2C(N)=O)CC1. The van der Waals surface area contributed by atoms with Crippen LogP contribution in [0.15, 0.2) is 12.1 Å². The van der Waals surface area contributed by atoms with Crippen LogP contribution >= 0.6 is 0 Å². The average Bonchev–Trinajstić information content (AvgIpc) is 3.02. The highest BCUT2D eigenvalue weighted by atomic mass is 19.1. The molecule has 2 aromatic rings. The first-order valence-corrected chi connectivity index (χ1v) is 11.2. The van der Waals surface area contributed by atoms with E-state index in [2.05, 4.69) is 19.2 Å². The fourth-order valence-corrected chi connectivity index (χ4v) is 5.07. The number of amides is 1. The van der Waals surface area contributed by atoms with Gasteiger partial charge in [0.1, 0.15) is 5.82 Å². The molecule has 0 saturated heterocycles. The number of aromatic nitrogens is 2. The van der Waals surface area contributed by atoms with Gasteiger partial charge in [0, 0.05) is 24.9 Å². The Labute approximate surface area is 183 Å². The molecule has 3 N–H and O–H groups in total. The molecule has 31 heavy (non-hydrogen) atoms. The van der Waals surface area contributed by atoms with Gasteiger partial charge in [-0.25, -0.2) is 9.07 Å². The van der Waals surface area contributed by atoms with E-state index in [1.165, 1.54) is 11.6 Å². The number of nitrogens with zero attached hydrogens (tertiary/aromatic N) is 2. The zero-order chi connectivity index (χ0) is 22.3. The molecule has 0 aliphatic heterocycles. The standard InChI is InChI=1S/C24H33FN4O2/c1-14-18-9-10-24(2,3)13-21(18)29(28-14)16-11-19(25)22(23(26)30)20(12-16)27-15-5-7-17(31-4)8-6-15/h11-12,15,17,27H,5-10,13H2,1-4H3,(H2,26,30)/t15-,17-. The van der Waals surface area contributed by atoms with Gasteiger partial charge in [0.25, 0.3) is 5.91 Å². The van der Waals surface area contributed by atoms with Crippen LogP contribution in [0, 0.1) is 18.2 Å². The highest BCUT2D eigenvalue weighted by molar-refractivity contribution is 5.99. The van der Waals surface area contributed by atoms with Gasteiger partial charge in [0.05, 0.1) is 28.7 Å². The lowest BCUT2D eigenvalue weighted by Crippen LogP contribution is -2.30. The van der Waals surface area contributed by atoms with Crippen LogP contribution < -0.4 is 11.1 Å². The van der Waals surface area contributed by atoms with Crippen LogP contribution in [0.5, 0.6) is 0 Å². The molecule has 1 amide bonds. The fourth-order valence-electron chi connectivity index (χ4n) is 5.07. The van der Waals surface area contributed by atoms with Crippen molar-refractivity contribution in [3.05, 3.63) is 40.5 Å². The molecule has 0 atom stereocenters. The largest absolute Gasteiger partial charge is 0.382 e. The lowest BCUT2D eigenvalue weighted by Gasteiger charge is -2.31. The van der Waals surface area contributed by atoms with Crippen LogP contribution in [0.3, 0.4) is 0 Å². The number of ether oxygens (including phenoxy) is 1. The number of fused-ring (bicyclic) bond motifs is 1. The van der Waals surface area contributed by atoms with Gasteiger partial charge in [-0.2, -0.15) is 5.10 Å². The summed E-state index contributed by atoms with van der Waals surface area (Å²) in [5.41, 5.74) is 10.1. The maximum atomic E-state index is 15.1. The Balaban J connectivity index is 1.72. The van der Waals surface area contributed by atoms with Gasteiger partial charge in [-0.1, -0.05) is 13.8 Å². The average molecular weight is 429 g/mol. The minimum Gasteiger partial charge on any atom is -0.382 e. The summed E-state index contributed by atoms with van der Waals surface area (Å²) >= 11 is 0. The molecular formula is C24H33FN4O2. The van der Waals surface area contributed by atoms with E-state index in [1.807, 2.05) is 17.7 Å². The lowest BCUT2D eigenvalue weighted by molar-refractivity contribution is 0.0681. The van der Waals surface area contributed by atoms with Gasteiger partial charge < -0.3 is 15.8 Å². The van der Waals surface area contributed by atoms with E-state index in [4.69, 9.17) is 15.6 Å². The number of carbonyl (C=O) groups is 1. The Hall–Kier alpha value is -2.41. The van der Waals surface area contributed by atoms with Crippen molar-refractivity contribution in [2.24, 2.45) is 11.1 Å². The van der Waals surface area contributed by atoms with Gasteiger partial charge in [0.15, 0.2) is 0 Å². The Morgan fingerprint density at radius 3 is 2.65 bits per heavy atom. The van der Waals surface area contributed by atoms with Crippen LogP contribution in [0.1, 0.15) is 73.3 Å². The number of hydrogen-bond acceptors (Lipinski definition) is 4. The first kappa shape index (κ1) is 21.8. The lowest BCUT2D eigenvalue weighted by atomic mass is 9.76.